The summed E-state index contributed by atoms with van der Waals surface area (Å²) in [7, 11) is 1.65. The number of methoxy groups -OCH3 is 1. The van der Waals surface area contributed by atoms with Crippen molar-refractivity contribution < 1.29 is 4.74 Å². The van der Waals surface area contributed by atoms with Crippen molar-refractivity contribution in [3.8, 4) is 5.75 Å². The van der Waals surface area contributed by atoms with Crippen molar-refractivity contribution in [2.24, 2.45) is 0 Å². The zero-order valence-corrected chi connectivity index (χ0v) is 14.0. The zero-order chi connectivity index (χ0) is 16.9. The minimum atomic E-state index is 0.724. The number of benzene rings is 2. The smallest absolute Gasteiger partial charge is 0.135 e. The van der Waals surface area contributed by atoms with E-state index in [4.69, 9.17) is 4.74 Å². The Kier molecular flexibility index (Phi) is 4.61. The highest BCUT2D eigenvalue weighted by molar-refractivity contribution is 5.63. The van der Waals surface area contributed by atoms with Crippen molar-refractivity contribution in [2.45, 2.75) is 13.8 Å². The van der Waals surface area contributed by atoms with E-state index in [1.54, 1.807) is 7.11 Å². The Morgan fingerprint density at radius 1 is 0.750 bits per heavy atom. The molecule has 0 fully saturated rings. The van der Waals surface area contributed by atoms with E-state index in [1.165, 1.54) is 17.5 Å². The molecule has 0 aliphatic carbocycles. The number of aryl methyl sites for hydroxylation is 2. The molecule has 0 unspecified atom stereocenters. The quantitative estimate of drug-likeness (QED) is 0.720. The molecule has 0 amide bonds. The lowest BCUT2D eigenvalue weighted by Gasteiger charge is -2.10. The lowest BCUT2D eigenvalue weighted by molar-refractivity contribution is 0.415. The fourth-order valence-corrected chi connectivity index (χ4v) is 2.28. The third kappa shape index (κ3) is 3.81. The zero-order valence-electron chi connectivity index (χ0n) is 14.0. The molecule has 24 heavy (non-hydrogen) atoms. The minimum absolute atomic E-state index is 0.724. The van der Waals surface area contributed by atoms with E-state index in [0.717, 1.165) is 28.8 Å². The maximum Gasteiger partial charge on any atom is 0.135 e. The van der Waals surface area contributed by atoms with Crippen LogP contribution >= 0.6 is 0 Å². The summed E-state index contributed by atoms with van der Waals surface area (Å²) in [5.74, 6) is 2.28. The third-order valence-electron chi connectivity index (χ3n) is 3.81. The Bertz CT molecular complexity index is 831. The summed E-state index contributed by atoms with van der Waals surface area (Å²) in [5.41, 5.74) is 4.45. The molecular weight excluding hydrogens is 300 g/mol. The van der Waals surface area contributed by atoms with Crippen LogP contribution in [0, 0.1) is 13.8 Å². The highest BCUT2D eigenvalue weighted by Gasteiger charge is 2.02. The molecule has 3 rings (SSSR count). The van der Waals surface area contributed by atoms with E-state index < -0.39 is 0 Å². The van der Waals surface area contributed by atoms with Crippen LogP contribution in [0.4, 0.5) is 23.0 Å². The van der Waals surface area contributed by atoms with Gasteiger partial charge in [-0.1, -0.05) is 6.07 Å². The van der Waals surface area contributed by atoms with Crippen LogP contribution in [0.2, 0.25) is 0 Å². The first-order valence-electron chi connectivity index (χ1n) is 7.71. The van der Waals surface area contributed by atoms with Crippen molar-refractivity contribution >= 4 is 23.0 Å². The van der Waals surface area contributed by atoms with E-state index >= 15 is 0 Å². The van der Waals surface area contributed by atoms with Crippen LogP contribution in [-0.2, 0) is 0 Å². The van der Waals surface area contributed by atoms with Gasteiger partial charge in [0.05, 0.1) is 7.11 Å². The molecule has 1 heterocycles. The summed E-state index contributed by atoms with van der Waals surface area (Å²) in [6.07, 6.45) is 1.54. The molecule has 5 heteroatoms. The Hall–Kier alpha value is -3.08. The first-order valence-corrected chi connectivity index (χ1v) is 7.71. The largest absolute Gasteiger partial charge is 0.497 e. The average Bonchev–Trinajstić information content (AvgIpc) is 2.59. The van der Waals surface area contributed by atoms with Gasteiger partial charge in [-0.25, -0.2) is 9.97 Å². The number of hydrogen-bond donors (Lipinski definition) is 2. The van der Waals surface area contributed by atoms with Crippen LogP contribution in [0.25, 0.3) is 0 Å². The van der Waals surface area contributed by atoms with Crippen molar-refractivity contribution in [3.05, 3.63) is 66.0 Å². The molecule has 0 aliphatic rings. The highest BCUT2D eigenvalue weighted by Crippen LogP contribution is 2.22. The molecule has 0 spiro atoms. The van der Waals surface area contributed by atoms with E-state index in [-0.39, 0.29) is 0 Å². The molecule has 122 valence electrons. The standard InChI is InChI=1S/C19H20N4O/c1-13-4-5-16(10-14(13)2)23-19-11-18(20-12-21-19)22-15-6-8-17(24-3)9-7-15/h4-12H,1-3H3,(H2,20,21,22,23). The van der Waals surface area contributed by atoms with Gasteiger partial charge in [0.15, 0.2) is 0 Å². The van der Waals surface area contributed by atoms with Crippen LogP contribution < -0.4 is 15.4 Å². The lowest BCUT2D eigenvalue weighted by atomic mass is 10.1. The van der Waals surface area contributed by atoms with Gasteiger partial charge in [-0.15, -0.1) is 0 Å². The predicted octanol–water partition coefficient (Wildman–Crippen LogP) is 4.59. The second-order valence-corrected chi connectivity index (χ2v) is 5.57. The summed E-state index contributed by atoms with van der Waals surface area (Å²) in [5, 5.41) is 6.56. The number of nitrogens with zero attached hydrogens (tertiary/aromatic N) is 2. The Morgan fingerprint density at radius 2 is 1.38 bits per heavy atom. The summed E-state index contributed by atoms with van der Waals surface area (Å²) < 4.78 is 5.16. The van der Waals surface area contributed by atoms with Crippen LogP contribution in [0.1, 0.15) is 11.1 Å². The molecule has 1 aromatic heterocycles. The molecule has 2 N–H and O–H groups in total. The SMILES string of the molecule is COc1ccc(Nc2cc(Nc3ccc(C)c(C)c3)ncn2)cc1. The first kappa shape index (κ1) is 15.8. The van der Waals surface area contributed by atoms with Gasteiger partial charge in [-0.3, -0.25) is 0 Å². The number of nitrogens with one attached hydrogen (secondary N) is 2. The maximum atomic E-state index is 5.16. The summed E-state index contributed by atoms with van der Waals surface area (Å²) >= 11 is 0. The summed E-state index contributed by atoms with van der Waals surface area (Å²) in [4.78, 5) is 8.53. The molecule has 0 saturated carbocycles. The Balaban J connectivity index is 1.74. The fourth-order valence-electron chi connectivity index (χ4n) is 2.28. The van der Waals surface area contributed by atoms with Gasteiger partial charge in [0, 0.05) is 17.4 Å². The van der Waals surface area contributed by atoms with Crippen molar-refractivity contribution in [2.75, 3.05) is 17.7 Å². The molecule has 3 aromatic rings. The fraction of sp³-hybridized carbons (Fsp3) is 0.158. The minimum Gasteiger partial charge on any atom is -0.497 e. The van der Waals surface area contributed by atoms with Gasteiger partial charge in [0.2, 0.25) is 0 Å². The van der Waals surface area contributed by atoms with E-state index in [1.807, 2.05) is 36.4 Å². The number of aromatic nitrogens is 2. The molecule has 5 nitrogen and oxygen atoms in total. The van der Waals surface area contributed by atoms with Crippen molar-refractivity contribution in [1.82, 2.24) is 9.97 Å². The average molecular weight is 320 g/mol. The van der Waals surface area contributed by atoms with Crippen molar-refractivity contribution in [3.63, 3.8) is 0 Å². The summed E-state index contributed by atoms with van der Waals surface area (Å²) in [6, 6.07) is 15.8. The maximum absolute atomic E-state index is 5.16. The van der Waals surface area contributed by atoms with Crippen LogP contribution in [-0.4, -0.2) is 17.1 Å². The topological polar surface area (TPSA) is 59.1 Å². The predicted molar refractivity (Wildman–Crippen MR) is 97.5 cm³/mol. The number of anilines is 4. The number of ether oxygens (including phenoxy) is 1. The van der Waals surface area contributed by atoms with Gasteiger partial charge in [-0.05, 0) is 61.4 Å². The second kappa shape index (κ2) is 7.00. The van der Waals surface area contributed by atoms with E-state index in [2.05, 4.69) is 46.6 Å². The molecule has 0 saturated heterocycles. The Labute approximate surface area is 141 Å². The van der Waals surface area contributed by atoms with E-state index in [0.29, 0.717) is 0 Å². The summed E-state index contributed by atoms with van der Waals surface area (Å²) in [6.45, 7) is 4.19. The molecule has 0 aliphatic heterocycles. The van der Waals surface area contributed by atoms with Crippen LogP contribution in [0.3, 0.4) is 0 Å². The number of rotatable bonds is 5. The monoisotopic (exact) mass is 320 g/mol. The van der Waals surface area contributed by atoms with Crippen molar-refractivity contribution in [1.29, 1.82) is 0 Å². The van der Waals surface area contributed by atoms with Crippen LogP contribution in [0.15, 0.2) is 54.9 Å². The lowest BCUT2D eigenvalue weighted by Crippen LogP contribution is -1.99. The van der Waals surface area contributed by atoms with Gasteiger partial charge in [0.25, 0.3) is 0 Å². The molecule has 0 radical (unpaired) electrons. The van der Waals surface area contributed by atoms with Gasteiger partial charge >= 0.3 is 0 Å². The van der Waals surface area contributed by atoms with Gasteiger partial charge in [0.1, 0.15) is 23.7 Å². The first-order chi connectivity index (χ1) is 11.6. The van der Waals surface area contributed by atoms with Gasteiger partial charge in [-0.2, -0.15) is 0 Å². The Morgan fingerprint density at radius 3 is 2.00 bits per heavy atom. The molecular formula is C19H20N4O. The normalized spacial score (nSPS) is 10.3. The molecule has 2 aromatic carbocycles. The van der Waals surface area contributed by atoms with E-state index in [9.17, 15) is 0 Å². The number of hydrogen-bond acceptors (Lipinski definition) is 5. The highest BCUT2D eigenvalue weighted by atomic mass is 16.5. The van der Waals surface area contributed by atoms with Crippen LogP contribution in [0.5, 0.6) is 5.75 Å². The van der Waals surface area contributed by atoms with Gasteiger partial charge < -0.3 is 15.4 Å². The second-order valence-electron chi connectivity index (χ2n) is 5.57. The molecule has 0 atom stereocenters. The molecule has 0 bridgehead atoms. The third-order valence-corrected chi connectivity index (χ3v) is 3.81.